The lowest BCUT2D eigenvalue weighted by Crippen LogP contribution is -2.43. The van der Waals surface area contributed by atoms with Gasteiger partial charge in [-0.2, -0.15) is 0 Å². The zero-order chi connectivity index (χ0) is 10.8. The van der Waals surface area contributed by atoms with E-state index in [-0.39, 0.29) is 23.9 Å². The van der Waals surface area contributed by atoms with E-state index in [0.717, 1.165) is 19.5 Å². The molecule has 0 spiro atoms. The van der Waals surface area contributed by atoms with Crippen LogP contribution in [0.2, 0.25) is 0 Å². The molecule has 0 bridgehead atoms. The van der Waals surface area contributed by atoms with Gasteiger partial charge in [0.05, 0.1) is 12.1 Å². The lowest BCUT2D eigenvalue weighted by Gasteiger charge is -2.22. The Bertz CT molecular complexity index is 280. The van der Waals surface area contributed by atoms with Crippen LogP contribution in [0.3, 0.4) is 0 Å². The molecule has 0 aromatic heterocycles. The van der Waals surface area contributed by atoms with Gasteiger partial charge in [-0.15, -0.1) is 0 Å². The van der Waals surface area contributed by atoms with Crippen molar-refractivity contribution in [2.75, 3.05) is 19.6 Å². The van der Waals surface area contributed by atoms with Crippen molar-refractivity contribution < 1.29 is 9.59 Å². The third-order valence-electron chi connectivity index (χ3n) is 3.09. The Morgan fingerprint density at radius 1 is 1.53 bits per heavy atom. The Morgan fingerprint density at radius 3 is 2.93 bits per heavy atom. The molecule has 2 amide bonds. The number of carbonyl (C=O) groups is 2. The van der Waals surface area contributed by atoms with Gasteiger partial charge in [-0.3, -0.25) is 9.59 Å². The summed E-state index contributed by atoms with van der Waals surface area (Å²) in [6.07, 6.45) is 1.32. The fraction of sp³-hybridized carbons (Fsp3) is 0.800. The summed E-state index contributed by atoms with van der Waals surface area (Å²) in [6, 6.07) is 0.0411. The first-order valence-electron chi connectivity index (χ1n) is 5.53. The van der Waals surface area contributed by atoms with Crippen molar-refractivity contribution in [1.82, 2.24) is 15.5 Å². The molecule has 0 aromatic rings. The lowest BCUT2D eigenvalue weighted by molar-refractivity contribution is -0.131. The van der Waals surface area contributed by atoms with Crippen molar-refractivity contribution in [3.63, 3.8) is 0 Å². The molecule has 0 radical (unpaired) electrons. The van der Waals surface area contributed by atoms with Gasteiger partial charge in [0.25, 0.3) is 0 Å². The number of rotatable bonds is 3. The van der Waals surface area contributed by atoms with Crippen LogP contribution in [0.4, 0.5) is 0 Å². The summed E-state index contributed by atoms with van der Waals surface area (Å²) >= 11 is 0. The third-order valence-corrected chi connectivity index (χ3v) is 3.09. The second-order valence-electron chi connectivity index (χ2n) is 4.09. The number of likely N-dealkylation sites (tertiary alicyclic amines) is 1. The van der Waals surface area contributed by atoms with Crippen molar-refractivity contribution in [2.24, 2.45) is 0 Å². The molecule has 2 saturated heterocycles. The molecular weight excluding hydrogens is 194 g/mol. The SMILES string of the molecule is CCNC1CCN(C2CNC(=O)C2)C1=O. The molecule has 15 heavy (non-hydrogen) atoms. The Hall–Kier alpha value is -1.10. The summed E-state index contributed by atoms with van der Waals surface area (Å²) in [5.74, 6) is 0.207. The van der Waals surface area contributed by atoms with E-state index in [2.05, 4.69) is 10.6 Å². The van der Waals surface area contributed by atoms with Gasteiger partial charge in [0.2, 0.25) is 11.8 Å². The van der Waals surface area contributed by atoms with E-state index in [1.54, 1.807) is 0 Å². The highest BCUT2D eigenvalue weighted by Crippen LogP contribution is 2.18. The van der Waals surface area contributed by atoms with Crippen LogP contribution < -0.4 is 10.6 Å². The van der Waals surface area contributed by atoms with E-state index in [9.17, 15) is 9.59 Å². The van der Waals surface area contributed by atoms with Crippen LogP contribution in [0.25, 0.3) is 0 Å². The van der Waals surface area contributed by atoms with Gasteiger partial charge in [-0.05, 0) is 13.0 Å². The summed E-state index contributed by atoms with van der Waals surface area (Å²) in [4.78, 5) is 24.8. The molecule has 0 aromatic carbocycles. The predicted octanol–water partition coefficient (Wildman–Crippen LogP) is -0.915. The summed E-state index contributed by atoms with van der Waals surface area (Å²) in [5, 5.41) is 5.92. The quantitative estimate of drug-likeness (QED) is 0.635. The zero-order valence-corrected chi connectivity index (χ0v) is 8.95. The predicted molar refractivity (Wildman–Crippen MR) is 55.2 cm³/mol. The molecule has 5 nitrogen and oxygen atoms in total. The Morgan fingerprint density at radius 2 is 2.33 bits per heavy atom. The number of hydrogen-bond donors (Lipinski definition) is 2. The van der Waals surface area contributed by atoms with Crippen molar-refractivity contribution in [1.29, 1.82) is 0 Å². The van der Waals surface area contributed by atoms with E-state index in [0.29, 0.717) is 13.0 Å². The van der Waals surface area contributed by atoms with Crippen LogP contribution >= 0.6 is 0 Å². The highest BCUT2D eigenvalue weighted by atomic mass is 16.2. The van der Waals surface area contributed by atoms with Gasteiger partial charge in [0.1, 0.15) is 0 Å². The minimum atomic E-state index is -0.0364. The summed E-state index contributed by atoms with van der Waals surface area (Å²) in [5.41, 5.74) is 0. The molecular formula is C10H17N3O2. The molecule has 2 unspecified atom stereocenters. The molecule has 2 rings (SSSR count). The van der Waals surface area contributed by atoms with Crippen molar-refractivity contribution >= 4 is 11.8 Å². The van der Waals surface area contributed by atoms with Gasteiger partial charge in [0, 0.05) is 19.5 Å². The van der Waals surface area contributed by atoms with E-state index < -0.39 is 0 Å². The molecule has 0 saturated carbocycles. The molecule has 2 aliphatic heterocycles. The molecule has 2 N–H and O–H groups in total. The first kappa shape index (κ1) is 10.4. The number of likely N-dealkylation sites (N-methyl/N-ethyl adjacent to an activating group) is 1. The number of nitrogens with one attached hydrogen (secondary N) is 2. The third kappa shape index (κ3) is 1.97. The number of nitrogens with zero attached hydrogens (tertiary/aromatic N) is 1. The minimum absolute atomic E-state index is 0.0364. The topological polar surface area (TPSA) is 61.4 Å². The number of carbonyl (C=O) groups excluding carboxylic acids is 2. The standard InChI is InChI=1S/C10H17N3O2/c1-2-11-8-3-4-13(10(8)15)7-5-9(14)12-6-7/h7-8,11H,2-6H2,1H3,(H,12,14). The molecule has 2 aliphatic rings. The van der Waals surface area contributed by atoms with Crippen molar-refractivity contribution in [3.05, 3.63) is 0 Å². The maximum absolute atomic E-state index is 11.9. The Kier molecular flexibility index (Phi) is 2.90. The van der Waals surface area contributed by atoms with Gasteiger partial charge < -0.3 is 15.5 Å². The van der Waals surface area contributed by atoms with E-state index in [1.807, 2.05) is 11.8 Å². The molecule has 2 fully saturated rings. The first-order valence-corrected chi connectivity index (χ1v) is 5.53. The largest absolute Gasteiger partial charge is 0.354 e. The molecule has 84 valence electrons. The van der Waals surface area contributed by atoms with Crippen LogP contribution in [0.15, 0.2) is 0 Å². The fourth-order valence-electron chi connectivity index (χ4n) is 2.31. The molecule has 0 aliphatic carbocycles. The van der Waals surface area contributed by atoms with E-state index in [4.69, 9.17) is 0 Å². The second-order valence-corrected chi connectivity index (χ2v) is 4.09. The normalized spacial score (nSPS) is 31.1. The van der Waals surface area contributed by atoms with E-state index >= 15 is 0 Å². The van der Waals surface area contributed by atoms with Crippen LogP contribution in [0.1, 0.15) is 19.8 Å². The Balaban J connectivity index is 1.95. The first-order chi connectivity index (χ1) is 7.22. The molecule has 2 atom stereocenters. The maximum atomic E-state index is 11.9. The average molecular weight is 211 g/mol. The van der Waals surface area contributed by atoms with Gasteiger partial charge in [-0.25, -0.2) is 0 Å². The maximum Gasteiger partial charge on any atom is 0.240 e. The Labute approximate surface area is 89.2 Å². The number of hydrogen-bond acceptors (Lipinski definition) is 3. The van der Waals surface area contributed by atoms with Gasteiger partial charge in [0.15, 0.2) is 0 Å². The van der Waals surface area contributed by atoms with Crippen LogP contribution in [-0.4, -0.2) is 48.4 Å². The minimum Gasteiger partial charge on any atom is -0.354 e. The van der Waals surface area contributed by atoms with Crippen LogP contribution in [-0.2, 0) is 9.59 Å². The zero-order valence-electron chi connectivity index (χ0n) is 8.95. The monoisotopic (exact) mass is 211 g/mol. The highest BCUT2D eigenvalue weighted by molar-refractivity contribution is 5.86. The highest BCUT2D eigenvalue weighted by Gasteiger charge is 2.38. The van der Waals surface area contributed by atoms with E-state index in [1.165, 1.54) is 0 Å². The molecule has 2 heterocycles. The summed E-state index contributed by atoms with van der Waals surface area (Å²) < 4.78 is 0. The summed E-state index contributed by atoms with van der Waals surface area (Å²) in [7, 11) is 0. The smallest absolute Gasteiger partial charge is 0.240 e. The molecule has 5 heteroatoms. The van der Waals surface area contributed by atoms with Crippen LogP contribution in [0, 0.1) is 0 Å². The van der Waals surface area contributed by atoms with Gasteiger partial charge >= 0.3 is 0 Å². The van der Waals surface area contributed by atoms with Gasteiger partial charge in [-0.1, -0.05) is 6.92 Å². The van der Waals surface area contributed by atoms with Crippen molar-refractivity contribution in [3.8, 4) is 0 Å². The summed E-state index contributed by atoms with van der Waals surface area (Å²) in [6.45, 7) is 4.20. The lowest BCUT2D eigenvalue weighted by atomic mass is 10.2. The average Bonchev–Trinajstić information content (AvgIpc) is 2.76. The second kappa shape index (κ2) is 4.18. The number of amides is 2. The van der Waals surface area contributed by atoms with Crippen LogP contribution in [0.5, 0.6) is 0 Å². The fourth-order valence-corrected chi connectivity index (χ4v) is 2.31. The van der Waals surface area contributed by atoms with Crippen molar-refractivity contribution in [2.45, 2.75) is 31.8 Å².